The molecule has 3 N–H and O–H groups in total. The lowest BCUT2D eigenvalue weighted by atomic mass is 9.75. The number of nitrogens with one attached hydrogen (secondary N) is 2. The van der Waals surface area contributed by atoms with Crippen LogP contribution in [0.2, 0.25) is 0 Å². The first kappa shape index (κ1) is 12.6. The summed E-state index contributed by atoms with van der Waals surface area (Å²) in [5.41, 5.74) is -1.32. The van der Waals surface area contributed by atoms with Crippen molar-refractivity contribution in [1.29, 1.82) is 0 Å². The van der Waals surface area contributed by atoms with Gasteiger partial charge in [-0.15, -0.1) is 0 Å². The first-order valence-corrected chi connectivity index (χ1v) is 5.20. The minimum Gasteiger partial charge on any atom is -0.396 e. The van der Waals surface area contributed by atoms with Gasteiger partial charge in [-0.05, 0) is 18.8 Å². The smallest absolute Gasteiger partial charge is 0.328 e. The molecule has 1 fully saturated rings. The molecule has 1 saturated heterocycles. The van der Waals surface area contributed by atoms with Crippen LogP contribution in [0.1, 0.15) is 26.7 Å². The Bertz CT molecular complexity index is 305. The van der Waals surface area contributed by atoms with Crippen molar-refractivity contribution in [3.05, 3.63) is 0 Å². The lowest BCUT2D eigenvalue weighted by Gasteiger charge is -2.34. The molecule has 6 heteroatoms. The Hall–Kier alpha value is -1.43. The molecule has 0 saturated carbocycles. The summed E-state index contributed by atoms with van der Waals surface area (Å²) < 4.78 is 0. The molecule has 0 radical (unpaired) electrons. The number of rotatable bonds is 4. The quantitative estimate of drug-likeness (QED) is 0.579. The monoisotopic (exact) mass is 228 g/mol. The van der Waals surface area contributed by atoms with E-state index in [1.54, 1.807) is 0 Å². The molecule has 6 nitrogen and oxygen atoms in total. The molecular formula is C10H16N2O4. The Kier molecular flexibility index (Phi) is 3.64. The number of amides is 4. The fraction of sp³-hybridized carbons (Fsp3) is 0.700. The van der Waals surface area contributed by atoms with Crippen LogP contribution in [0.15, 0.2) is 0 Å². The predicted octanol–water partition coefficient (Wildman–Crippen LogP) is -0.233. The van der Waals surface area contributed by atoms with E-state index in [-0.39, 0.29) is 18.9 Å². The maximum atomic E-state index is 11.8. The Balaban J connectivity index is 3.01. The number of hydrogen-bond donors (Lipinski definition) is 3. The van der Waals surface area contributed by atoms with Crippen LogP contribution in [-0.4, -0.2) is 29.6 Å². The van der Waals surface area contributed by atoms with E-state index in [1.807, 2.05) is 13.8 Å². The summed E-state index contributed by atoms with van der Waals surface area (Å²) in [5.74, 6) is -1.13. The molecule has 0 atom stereocenters. The van der Waals surface area contributed by atoms with Gasteiger partial charge in [0.05, 0.1) is 0 Å². The highest BCUT2D eigenvalue weighted by Gasteiger charge is 2.49. The van der Waals surface area contributed by atoms with Crippen LogP contribution in [-0.2, 0) is 9.59 Å². The fourth-order valence-electron chi connectivity index (χ4n) is 1.98. The minimum absolute atomic E-state index is 0.0239. The second-order valence-corrected chi connectivity index (χ2v) is 4.39. The van der Waals surface area contributed by atoms with Crippen molar-refractivity contribution >= 4 is 17.8 Å². The molecule has 0 aliphatic carbocycles. The van der Waals surface area contributed by atoms with Gasteiger partial charge in [-0.3, -0.25) is 20.2 Å². The highest BCUT2D eigenvalue weighted by Crippen LogP contribution is 2.32. The zero-order chi connectivity index (χ0) is 12.3. The van der Waals surface area contributed by atoms with Crippen LogP contribution in [0.4, 0.5) is 4.79 Å². The second kappa shape index (κ2) is 4.61. The number of carbonyl (C=O) groups excluding carboxylic acids is 3. The van der Waals surface area contributed by atoms with E-state index in [4.69, 9.17) is 5.11 Å². The zero-order valence-corrected chi connectivity index (χ0v) is 9.37. The number of carbonyl (C=O) groups is 3. The molecule has 1 heterocycles. The third kappa shape index (κ3) is 2.21. The Labute approximate surface area is 93.4 Å². The standard InChI is InChI=1S/C10H16N2O4/c1-6(2)5-10(3-4-13)7(14)11-9(16)12-8(10)15/h6,13H,3-5H2,1-2H3,(H2,11,12,14,15,16). The summed E-state index contributed by atoms with van der Waals surface area (Å²) in [6, 6.07) is -0.799. The van der Waals surface area contributed by atoms with E-state index in [0.717, 1.165) is 0 Å². The van der Waals surface area contributed by atoms with Gasteiger partial charge in [-0.2, -0.15) is 0 Å². The van der Waals surface area contributed by atoms with Gasteiger partial charge in [0, 0.05) is 6.61 Å². The molecule has 0 bridgehead atoms. The third-order valence-corrected chi connectivity index (χ3v) is 2.62. The van der Waals surface area contributed by atoms with Gasteiger partial charge in [-0.1, -0.05) is 13.8 Å². The van der Waals surface area contributed by atoms with Crippen molar-refractivity contribution in [3.63, 3.8) is 0 Å². The number of aliphatic hydroxyl groups excluding tert-OH is 1. The molecule has 0 aromatic heterocycles. The van der Waals surface area contributed by atoms with Gasteiger partial charge in [0.15, 0.2) is 0 Å². The number of aliphatic hydroxyl groups is 1. The van der Waals surface area contributed by atoms with Gasteiger partial charge in [-0.25, -0.2) is 4.79 Å². The summed E-state index contributed by atoms with van der Waals surface area (Å²) in [6.07, 6.45) is 0.328. The topological polar surface area (TPSA) is 95.5 Å². The summed E-state index contributed by atoms with van der Waals surface area (Å²) in [5, 5.41) is 13.1. The van der Waals surface area contributed by atoms with Crippen LogP contribution in [0.3, 0.4) is 0 Å². The van der Waals surface area contributed by atoms with Crippen LogP contribution in [0.5, 0.6) is 0 Å². The number of barbiturate groups is 1. The lowest BCUT2D eigenvalue weighted by Crippen LogP contribution is -2.63. The summed E-state index contributed by atoms with van der Waals surface area (Å²) in [6.45, 7) is 3.47. The highest BCUT2D eigenvalue weighted by atomic mass is 16.3. The molecular weight excluding hydrogens is 212 g/mol. The zero-order valence-electron chi connectivity index (χ0n) is 9.37. The maximum Gasteiger partial charge on any atom is 0.328 e. The van der Waals surface area contributed by atoms with Crippen molar-refractivity contribution in [2.45, 2.75) is 26.7 Å². The predicted molar refractivity (Wildman–Crippen MR) is 55.3 cm³/mol. The van der Waals surface area contributed by atoms with Gasteiger partial charge in [0.2, 0.25) is 11.8 Å². The van der Waals surface area contributed by atoms with E-state index in [1.165, 1.54) is 0 Å². The van der Waals surface area contributed by atoms with Crippen LogP contribution >= 0.6 is 0 Å². The van der Waals surface area contributed by atoms with Gasteiger partial charge in [0.25, 0.3) is 0 Å². The van der Waals surface area contributed by atoms with E-state index in [0.29, 0.717) is 6.42 Å². The fourth-order valence-corrected chi connectivity index (χ4v) is 1.98. The Morgan fingerprint density at radius 3 is 2.06 bits per heavy atom. The molecule has 90 valence electrons. The summed E-state index contributed by atoms with van der Waals surface area (Å²) in [4.78, 5) is 34.5. The van der Waals surface area contributed by atoms with Gasteiger partial charge < -0.3 is 5.11 Å². The number of imide groups is 2. The van der Waals surface area contributed by atoms with Crippen molar-refractivity contribution in [3.8, 4) is 0 Å². The second-order valence-electron chi connectivity index (χ2n) is 4.39. The minimum atomic E-state index is -1.32. The molecule has 1 aliphatic heterocycles. The molecule has 0 spiro atoms. The summed E-state index contributed by atoms with van der Waals surface area (Å²) >= 11 is 0. The largest absolute Gasteiger partial charge is 0.396 e. The molecule has 1 rings (SSSR count). The molecule has 1 aliphatic rings. The Morgan fingerprint density at radius 1 is 1.19 bits per heavy atom. The van der Waals surface area contributed by atoms with E-state index < -0.39 is 23.3 Å². The van der Waals surface area contributed by atoms with E-state index in [9.17, 15) is 14.4 Å². The van der Waals surface area contributed by atoms with Crippen molar-refractivity contribution in [2.24, 2.45) is 11.3 Å². The average Bonchev–Trinajstić information content (AvgIpc) is 2.13. The van der Waals surface area contributed by atoms with Crippen LogP contribution in [0, 0.1) is 11.3 Å². The SMILES string of the molecule is CC(C)CC1(CCO)C(=O)NC(=O)NC1=O. The molecule has 0 aromatic carbocycles. The average molecular weight is 228 g/mol. The van der Waals surface area contributed by atoms with Crippen LogP contribution < -0.4 is 10.6 Å². The first-order chi connectivity index (χ1) is 7.42. The first-order valence-electron chi connectivity index (χ1n) is 5.20. The van der Waals surface area contributed by atoms with E-state index >= 15 is 0 Å². The highest BCUT2D eigenvalue weighted by molar-refractivity contribution is 6.19. The lowest BCUT2D eigenvalue weighted by molar-refractivity contribution is -0.146. The van der Waals surface area contributed by atoms with Crippen molar-refractivity contribution < 1.29 is 19.5 Å². The molecule has 4 amide bonds. The van der Waals surface area contributed by atoms with Gasteiger partial charge >= 0.3 is 6.03 Å². The van der Waals surface area contributed by atoms with Crippen molar-refractivity contribution in [2.75, 3.05) is 6.61 Å². The maximum absolute atomic E-state index is 11.8. The normalized spacial score (nSPS) is 19.6. The van der Waals surface area contributed by atoms with Crippen molar-refractivity contribution in [1.82, 2.24) is 10.6 Å². The number of hydrogen-bond acceptors (Lipinski definition) is 4. The molecule has 0 unspecified atom stereocenters. The Morgan fingerprint density at radius 2 is 1.69 bits per heavy atom. The number of urea groups is 1. The molecule has 16 heavy (non-hydrogen) atoms. The van der Waals surface area contributed by atoms with Crippen LogP contribution in [0.25, 0.3) is 0 Å². The summed E-state index contributed by atoms with van der Waals surface area (Å²) in [7, 11) is 0. The molecule has 0 aromatic rings. The van der Waals surface area contributed by atoms with Gasteiger partial charge in [0.1, 0.15) is 5.41 Å². The van der Waals surface area contributed by atoms with E-state index in [2.05, 4.69) is 10.6 Å². The third-order valence-electron chi connectivity index (χ3n) is 2.62.